The molecule has 0 aliphatic carbocycles. The average molecular weight is 613 g/mol. The number of aromatic nitrogens is 1. The van der Waals surface area contributed by atoms with Crippen LogP contribution in [0, 0.1) is 0 Å². The molecule has 1 heterocycles. The Labute approximate surface area is 280 Å². The number of fused-ring (bicyclic) bond motifs is 4. The van der Waals surface area contributed by atoms with Crippen molar-refractivity contribution < 1.29 is 0 Å². The maximum Gasteiger partial charge on any atom is 0.0547 e. The SMILES string of the molecule is c1ccc(N(c2ccccc2)c2ccc(-c3cccc4ccccc34)cc2-c2ccc3c4ccccc4n(-c4ccccc4)c3c2)cc1. The fourth-order valence-corrected chi connectivity index (χ4v) is 7.18. The molecule has 0 spiro atoms. The van der Waals surface area contributed by atoms with Gasteiger partial charge in [0.05, 0.1) is 16.7 Å². The summed E-state index contributed by atoms with van der Waals surface area (Å²) in [5, 5.41) is 4.99. The highest BCUT2D eigenvalue weighted by molar-refractivity contribution is 6.11. The summed E-state index contributed by atoms with van der Waals surface area (Å²) >= 11 is 0. The van der Waals surface area contributed by atoms with Crippen molar-refractivity contribution >= 4 is 49.6 Å². The topological polar surface area (TPSA) is 8.17 Å². The van der Waals surface area contributed by atoms with Crippen LogP contribution in [-0.2, 0) is 0 Å². The van der Waals surface area contributed by atoms with Gasteiger partial charge in [-0.1, -0.05) is 133 Å². The summed E-state index contributed by atoms with van der Waals surface area (Å²) in [6.07, 6.45) is 0. The van der Waals surface area contributed by atoms with E-state index in [1.807, 2.05) is 0 Å². The Morgan fingerprint density at radius 1 is 0.354 bits per heavy atom. The summed E-state index contributed by atoms with van der Waals surface area (Å²) in [5.74, 6) is 0. The molecule has 1 aromatic heterocycles. The van der Waals surface area contributed by atoms with Crippen molar-refractivity contribution in [3.8, 4) is 27.9 Å². The third-order valence-corrected chi connectivity index (χ3v) is 9.37. The molecule has 0 saturated carbocycles. The monoisotopic (exact) mass is 612 g/mol. The van der Waals surface area contributed by atoms with E-state index in [0.29, 0.717) is 0 Å². The second-order valence-corrected chi connectivity index (χ2v) is 12.2. The zero-order chi connectivity index (χ0) is 31.9. The standard InChI is InChI=1S/C46H32N2/c1-4-17-36(18-5-1)47(37-19-6-2-7-20-37)45-30-28-34(40-25-14-16-33-15-10-11-23-39(33)40)31-43(45)35-27-29-42-41-24-12-13-26-44(41)48(46(42)32-35)38-21-8-3-9-22-38/h1-32H. The molecule has 0 amide bonds. The molecule has 0 N–H and O–H groups in total. The first-order valence-corrected chi connectivity index (χ1v) is 16.4. The third-order valence-electron chi connectivity index (χ3n) is 9.37. The minimum Gasteiger partial charge on any atom is -0.310 e. The Hall–Kier alpha value is -6.38. The average Bonchev–Trinajstić information content (AvgIpc) is 3.50. The van der Waals surface area contributed by atoms with Gasteiger partial charge < -0.3 is 9.47 Å². The van der Waals surface area contributed by atoms with Crippen molar-refractivity contribution in [2.45, 2.75) is 0 Å². The van der Waals surface area contributed by atoms with Gasteiger partial charge >= 0.3 is 0 Å². The molecular weight excluding hydrogens is 581 g/mol. The van der Waals surface area contributed by atoms with E-state index in [9.17, 15) is 0 Å². The summed E-state index contributed by atoms with van der Waals surface area (Å²) in [6, 6.07) is 69.9. The largest absolute Gasteiger partial charge is 0.310 e. The van der Waals surface area contributed by atoms with Crippen LogP contribution >= 0.6 is 0 Å². The Morgan fingerprint density at radius 2 is 0.917 bits per heavy atom. The highest BCUT2D eigenvalue weighted by atomic mass is 15.1. The van der Waals surface area contributed by atoms with Crippen LogP contribution in [0.5, 0.6) is 0 Å². The first-order valence-electron chi connectivity index (χ1n) is 16.4. The van der Waals surface area contributed by atoms with Gasteiger partial charge in [0.25, 0.3) is 0 Å². The molecule has 48 heavy (non-hydrogen) atoms. The molecule has 0 fully saturated rings. The number of anilines is 3. The highest BCUT2D eigenvalue weighted by Gasteiger charge is 2.20. The lowest BCUT2D eigenvalue weighted by atomic mass is 9.93. The second kappa shape index (κ2) is 11.8. The van der Waals surface area contributed by atoms with Crippen LogP contribution in [0.3, 0.4) is 0 Å². The van der Waals surface area contributed by atoms with Crippen molar-refractivity contribution in [3.63, 3.8) is 0 Å². The number of rotatable bonds is 6. The molecule has 0 aliphatic heterocycles. The zero-order valence-electron chi connectivity index (χ0n) is 26.4. The van der Waals surface area contributed by atoms with Gasteiger partial charge in [0, 0.05) is 33.4 Å². The van der Waals surface area contributed by atoms with Crippen LogP contribution in [0.25, 0.3) is 60.5 Å². The lowest BCUT2D eigenvalue weighted by Gasteiger charge is -2.28. The first kappa shape index (κ1) is 27.9. The number of hydrogen-bond donors (Lipinski definition) is 0. The summed E-state index contributed by atoms with van der Waals surface area (Å²) in [7, 11) is 0. The van der Waals surface area contributed by atoms with E-state index in [2.05, 4.69) is 204 Å². The van der Waals surface area contributed by atoms with Gasteiger partial charge in [-0.25, -0.2) is 0 Å². The van der Waals surface area contributed by atoms with Crippen molar-refractivity contribution in [2.75, 3.05) is 4.90 Å². The van der Waals surface area contributed by atoms with Crippen LogP contribution in [0.15, 0.2) is 194 Å². The highest BCUT2D eigenvalue weighted by Crippen LogP contribution is 2.44. The van der Waals surface area contributed by atoms with E-state index in [4.69, 9.17) is 0 Å². The molecule has 9 aromatic rings. The van der Waals surface area contributed by atoms with Crippen molar-refractivity contribution in [3.05, 3.63) is 194 Å². The van der Waals surface area contributed by atoms with E-state index in [0.717, 1.165) is 28.3 Å². The molecule has 0 aliphatic rings. The molecule has 226 valence electrons. The smallest absolute Gasteiger partial charge is 0.0547 e. The van der Waals surface area contributed by atoms with Crippen LogP contribution < -0.4 is 4.90 Å². The summed E-state index contributed by atoms with van der Waals surface area (Å²) < 4.78 is 2.40. The summed E-state index contributed by atoms with van der Waals surface area (Å²) in [5.41, 5.74) is 11.6. The molecule has 0 radical (unpaired) electrons. The Bertz CT molecular complexity index is 2500. The van der Waals surface area contributed by atoms with Gasteiger partial charge in [0.15, 0.2) is 0 Å². The van der Waals surface area contributed by atoms with Crippen molar-refractivity contribution in [1.29, 1.82) is 0 Å². The van der Waals surface area contributed by atoms with E-state index in [1.165, 1.54) is 49.3 Å². The molecule has 8 aromatic carbocycles. The van der Waals surface area contributed by atoms with Crippen LogP contribution in [0.4, 0.5) is 17.1 Å². The fraction of sp³-hybridized carbons (Fsp3) is 0. The predicted molar refractivity (Wildman–Crippen MR) is 204 cm³/mol. The van der Waals surface area contributed by atoms with Crippen LogP contribution in [0.1, 0.15) is 0 Å². The van der Waals surface area contributed by atoms with E-state index in [-0.39, 0.29) is 0 Å². The fourth-order valence-electron chi connectivity index (χ4n) is 7.18. The van der Waals surface area contributed by atoms with Crippen LogP contribution in [0.2, 0.25) is 0 Å². The molecule has 0 bridgehead atoms. The molecule has 2 nitrogen and oxygen atoms in total. The molecule has 9 rings (SSSR count). The van der Waals surface area contributed by atoms with Gasteiger partial charge in [-0.15, -0.1) is 0 Å². The van der Waals surface area contributed by atoms with Gasteiger partial charge in [0.2, 0.25) is 0 Å². The van der Waals surface area contributed by atoms with Gasteiger partial charge in [-0.3, -0.25) is 0 Å². The minimum absolute atomic E-state index is 1.11. The Morgan fingerprint density at radius 3 is 1.67 bits per heavy atom. The number of nitrogens with zero attached hydrogens (tertiary/aromatic N) is 2. The quantitative estimate of drug-likeness (QED) is 0.181. The lowest BCUT2D eigenvalue weighted by molar-refractivity contribution is 1.18. The minimum atomic E-state index is 1.11. The molecule has 0 atom stereocenters. The van der Waals surface area contributed by atoms with Crippen molar-refractivity contribution in [2.24, 2.45) is 0 Å². The lowest BCUT2D eigenvalue weighted by Crippen LogP contribution is -2.11. The maximum absolute atomic E-state index is 2.40. The Kier molecular flexibility index (Phi) is 6.84. The van der Waals surface area contributed by atoms with E-state index >= 15 is 0 Å². The molecule has 0 unspecified atom stereocenters. The molecule has 0 saturated heterocycles. The number of benzene rings is 8. The maximum atomic E-state index is 2.40. The third kappa shape index (κ3) is 4.74. The predicted octanol–water partition coefficient (Wildman–Crippen LogP) is 12.7. The van der Waals surface area contributed by atoms with Gasteiger partial charge in [-0.05, 0) is 88.1 Å². The molecular formula is C46H32N2. The van der Waals surface area contributed by atoms with E-state index < -0.39 is 0 Å². The van der Waals surface area contributed by atoms with Crippen molar-refractivity contribution in [1.82, 2.24) is 4.57 Å². The Balaban J connectivity index is 1.34. The summed E-state index contributed by atoms with van der Waals surface area (Å²) in [6.45, 7) is 0. The second-order valence-electron chi connectivity index (χ2n) is 12.2. The number of para-hydroxylation sites is 4. The van der Waals surface area contributed by atoms with Gasteiger partial charge in [0.1, 0.15) is 0 Å². The van der Waals surface area contributed by atoms with Crippen LogP contribution in [-0.4, -0.2) is 4.57 Å². The van der Waals surface area contributed by atoms with Gasteiger partial charge in [-0.2, -0.15) is 0 Å². The zero-order valence-corrected chi connectivity index (χ0v) is 26.4. The summed E-state index contributed by atoms with van der Waals surface area (Å²) in [4.78, 5) is 2.37. The normalized spacial score (nSPS) is 11.3. The number of hydrogen-bond acceptors (Lipinski definition) is 1. The first-order chi connectivity index (χ1) is 23.8. The van der Waals surface area contributed by atoms with E-state index in [1.54, 1.807) is 0 Å². The molecule has 2 heteroatoms.